The molecule has 0 aromatic heterocycles. The van der Waals surface area contributed by atoms with Gasteiger partial charge in [0.1, 0.15) is 12.1 Å². The Bertz CT molecular complexity index is 1350. The third-order valence-electron chi connectivity index (χ3n) is 11.6. The number of hydrogen-bond donors (Lipinski definition) is 4. The lowest BCUT2D eigenvalue weighted by Crippen LogP contribution is -2.62. The summed E-state index contributed by atoms with van der Waals surface area (Å²) < 4.78 is 25.7. The molecule has 0 aromatic carbocycles. The van der Waals surface area contributed by atoms with E-state index in [0.717, 1.165) is 44.9 Å². The van der Waals surface area contributed by atoms with E-state index in [9.17, 15) is 32.4 Å². The van der Waals surface area contributed by atoms with E-state index < -0.39 is 61.9 Å². The van der Waals surface area contributed by atoms with Gasteiger partial charge < -0.3 is 26.2 Å². The molecule has 0 spiro atoms. The Morgan fingerprint density at radius 3 is 2.12 bits per heavy atom. The quantitative estimate of drug-likeness (QED) is 0.278. The zero-order valence-electron chi connectivity index (χ0n) is 30.6. The maximum Gasteiger partial charge on any atom is 0.315 e. The molecule has 1 unspecified atom stereocenters. The number of ketones is 1. The third kappa shape index (κ3) is 9.16. The number of nitrogens with zero attached hydrogens (tertiary/aromatic N) is 1. The Balaban J connectivity index is 1.57. The van der Waals surface area contributed by atoms with Crippen LogP contribution in [0.5, 0.6) is 0 Å². The Labute approximate surface area is 293 Å². The summed E-state index contributed by atoms with van der Waals surface area (Å²) in [5.41, 5.74) is -1.10. The number of urea groups is 1. The molecule has 4 aliphatic rings. The minimum absolute atomic E-state index is 0.0932. The number of carbonyl (C=O) groups is 5. The van der Waals surface area contributed by atoms with Crippen LogP contribution in [0.4, 0.5) is 4.79 Å². The highest BCUT2D eigenvalue weighted by Gasteiger charge is 2.69. The molecule has 2 saturated carbocycles. The van der Waals surface area contributed by atoms with Gasteiger partial charge in [0.2, 0.25) is 17.6 Å². The van der Waals surface area contributed by atoms with Gasteiger partial charge in [-0.3, -0.25) is 19.2 Å². The summed E-state index contributed by atoms with van der Waals surface area (Å²) in [4.78, 5) is 69.6. The first-order valence-corrected chi connectivity index (χ1v) is 20.3. The van der Waals surface area contributed by atoms with Crippen molar-refractivity contribution in [2.24, 2.45) is 17.3 Å². The molecule has 49 heavy (non-hydrogen) atoms. The number of rotatable bonds is 8. The predicted octanol–water partition coefficient (Wildman–Crippen LogP) is 3.77. The van der Waals surface area contributed by atoms with Gasteiger partial charge in [0.25, 0.3) is 5.91 Å². The zero-order valence-corrected chi connectivity index (χ0v) is 31.4. The van der Waals surface area contributed by atoms with Gasteiger partial charge in [0, 0.05) is 13.1 Å². The molecule has 5 amide bonds. The van der Waals surface area contributed by atoms with Crippen molar-refractivity contribution < 1.29 is 32.4 Å². The van der Waals surface area contributed by atoms with Crippen molar-refractivity contribution in [3.8, 4) is 0 Å². The highest BCUT2D eigenvalue weighted by Crippen LogP contribution is 2.65. The Morgan fingerprint density at radius 2 is 1.51 bits per heavy atom. The minimum atomic E-state index is -3.54. The van der Waals surface area contributed by atoms with Gasteiger partial charge >= 0.3 is 6.03 Å². The molecule has 0 aromatic rings. The van der Waals surface area contributed by atoms with Crippen molar-refractivity contribution in [3.63, 3.8) is 0 Å². The number of hydrogen-bond acceptors (Lipinski definition) is 7. The van der Waals surface area contributed by atoms with Gasteiger partial charge in [0.05, 0.1) is 22.1 Å². The molecule has 278 valence electrons. The van der Waals surface area contributed by atoms with E-state index in [1.807, 2.05) is 6.92 Å². The summed E-state index contributed by atoms with van der Waals surface area (Å²) in [5, 5.41) is 11.5. The lowest BCUT2D eigenvalue weighted by atomic mass is 9.83. The maximum absolute atomic E-state index is 14.4. The Hall–Kier alpha value is -2.70. The van der Waals surface area contributed by atoms with Gasteiger partial charge in [0.15, 0.2) is 9.84 Å². The lowest BCUT2D eigenvalue weighted by Gasteiger charge is -2.40. The molecule has 4 fully saturated rings. The fourth-order valence-electron chi connectivity index (χ4n) is 8.23. The van der Waals surface area contributed by atoms with Gasteiger partial charge in [-0.25, -0.2) is 13.2 Å². The monoisotopic (exact) mass is 707 g/mol. The van der Waals surface area contributed by atoms with E-state index in [1.54, 1.807) is 25.7 Å². The lowest BCUT2D eigenvalue weighted by molar-refractivity contribution is -0.144. The highest BCUT2D eigenvalue weighted by atomic mass is 32.2. The van der Waals surface area contributed by atoms with Crippen LogP contribution in [-0.4, -0.2) is 90.1 Å². The average Bonchev–Trinajstić information content (AvgIpc) is 3.32. The fraction of sp³-hybridized carbons (Fsp3) is 0.861. The summed E-state index contributed by atoms with van der Waals surface area (Å²) in [6, 6.07) is -3.29. The molecule has 0 bridgehead atoms. The fourth-order valence-corrected chi connectivity index (χ4v) is 9.76. The molecule has 2 aliphatic heterocycles. The number of Topliss-reactive ketones (excluding diaryl/α,β-unsaturated/α-hetero) is 1. The molecule has 2 saturated heterocycles. The first-order valence-electron chi connectivity index (χ1n) is 18.7. The minimum Gasteiger partial charge on any atom is -0.349 e. The summed E-state index contributed by atoms with van der Waals surface area (Å²) in [5.74, 6) is -2.37. The second kappa shape index (κ2) is 15.7. The van der Waals surface area contributed by atoms with Crippen LogP contribution in [0.3, 0.4) is 0 Å². The third-order valence-corrected chi connectivity index (χ3v) is 14.4. The van der Waals surface area contributed by atoms with Gasteiger partial charge in [-0.15, -0.1) is 0 Å². The van der Waals surface area contributed by atoms with Gasteiger partial charge in [-0.05, 0) is 70.1 Å². The average molecular weight is 708 g/mol. The van der Waals surface area contributed by atoms with E-state index in [4.69, 9.17) is 0 Å². The number of amides is 5. The Morgan fingerprint density at radius 1 is 0.918 bits per heavy atom. The number of fused-ring (bicyclic) bond motifs is 3. The van der Waals surface area contributed by atoms with Crippen LogP contribution in [0.25, 0.3) is 0 Å². The van der Waals surface area contributed by atoms with Crippen LogP contribution in [0.2, 0.25) is 0 Å². The second-order valence-electron chi connectivity index (χ2n) is 16.6. The van der Waals surface area contributed by atoms with E-state index in [1.165, 1.54) is 0 Å². The topological polar surface area (TPSA) is 171 Å². The van der Waals surface area contributed by atoms with Crippen LogP contribution < -0.4 is 21.3 Å². The molecule has 2 heterocycles. The number of sulfone groups is 1. The largest absolute Gasteiger partial charge is 0.349 e. The molecular weight excluding hydrogens is 646 g/mol. The molecule has 0 radical (unpaired) electrons. The Kier molecular flexibility index (Phi) is 12.5. The van der Waals surface area contributed by atoms with Crippen molar-refractivity contribution in [1.29, 1.82) is 0 Å². The highest BCUT2D eigenvalue weighted by molar-refractivity contribution is 7.92. The van der Waals surface area contributed by atoms with Gasteiger partial charge in [-0.2, -0.15) is 0 Å². The van der Waals surface area contributed by atoms with Crippen molar-refractivity contribution in [2.75, 3.05) is 18.8 Å². The normalized spacial score (nSPS) is 29.3. The summed E-state index contributed by atoms with van der Waals surface area (Å²) in [6.45, 7) is 11.8. The number of carbonyl (C=O) groups excluding carboxylic acids is 5. The van der Waals surface area contributed by atoms with Crippen LogP contribution in [0, 0.1) is 17.3 Å². The summed E-state index contributed by atoms with van der Waals surface area (Å²) in [6.07, 6.45) is 9.94. The van der Waals surface area contributed by atoms with Crippen molar-refractivity contribution in [3.05, 3.63) is 0 Å². The number of nitrogens with one attached hydrogen (secondary N) is 4. The van der Waals surface area contributed by atoms with Crippen LogP contribution in [-0.2, 0) is 29.0 Å². The van der Waals surface area contributed by atoms with Crippen molar-refractivity contribution in [2.45, 2.75) is 160 Å². The SMILES string of the molecule is CCCNC(=O)C(=O)[C@@H]1CCCCCCCC[C@H](NC(=O)NC2(CS(=O)(=O)C(C)(C)C)CCCCC2)C(=O)N2C[C@H]3C([C@H]2C(=O)N1)C3(C)C. The maximum atomic E-state index is 14.4. The van der Waals surface area contributed by atoms with E-state index in [-0.39, 0.29) is 28.9 Å². The van der Waals surface area contributed by atoms with Crippen molar-refractivity contribution >= 4 is 39.4 Å². The molecule has 4 rings (SSSR count). The van der Waals surface area contributed by atoms with Crippen LogP contribution in [0.1, 0.15) is 131 Å². The predicted molar refractivity (Wildman–Crippen MR) is 188 cm³/mol. The van der Waals surface area contributed by atoms with E-state index >= 15 is 0 Å². The molecular formula is C36H61N5O7S. The van der Waals surface area contributed by atoms with E-state index in [2.05, 4.69) is 35.1 Å². The smallest absolute Gasteiger partial charge is 0.315 e. The molecule has 4 N–H and O–H groups in total. The van der Waals surface area contributed by atoms with Crippen molar-refractivity contribution in [1.82, 2.24) is 26.2 Å². The van der Waals surface area contributed by atoms with Gasteiger partial charge in [-0.1, -0.05) is 78.6 Å². The van der Waals surface area contributed by atoms with E-state index in [0.29, 0.717) is 58.0 Å². The molecule has 5 atom stereocenters. The zero-order chi connectivity index (χ0) is 36.2. The summed E-state index contributed by atoms with van der Waals surface area (Å²) in [7, 11) is -3.54. The first-order chi connectivity index (χ1) is 22.9. The number of piperidine rings is 1. The van der Waals surface area contributed by atoms with Crippen LogP contribution >= 0.6 is 0 Å². The first kappa shape index (κ1) is 39.1. The summed E-state index contributed by atoms with van der Waals surface area (Å²) >= 11 is 0. The standard InChI is InChI=1S/C36H61N5O7S/c1-7-21-37-31(44)29(42)25-17-13-10-8-9-11-14-18-26(32(45)41-22-24-27(35(24,5)6)28(41)30(43)38-25)39-33(46)40-36(19-15-12-16-20-36)23-49(47,48)34(2,3)4/h24-28H,7-23H2,1-6H3,(H,37,44)(H,38,43)(H2,39,40,46)/t24-,25-,26-,27?,28-/m0/s1. The molecule has 12 nitrogen and oxygen atoms in total. The molecule has 2 aliphatic carbocycles. The molecule has 13 heteroatoms. The second-order valence-corrected chi connectivity index (χ2v) is 19.4. The van der Waals surface area contributed by atoms with Crippen LogP contribution in [0.15, 0.2) is 0 Å².